The highest BCUT2D eigenvalue weighted by atomic mass is 16.5. The molecule has 0 aliphatic carbocycles. The monoisotopic (exact) mass is 358 g/mol. The van der Waals surface area contributed by atoms with E-state index in [1.165, 1.54) is 0 Å². The van der Waals surface area contributed by atoms with E-state index >= 15 is 0 Å². The van der Waals surface area contributed by atoms with E-state index in [1.54, 1.807) is 20.4 Å². The van der Waals surface area contributed by atoms with Gasteiger partial charge in [0, 0.05) is 25.9 Å². The zero-order chi connectivity index (χ0) is 18.2. The molecule has 0 bridgehead atoms. The lowest BCUT2D eigenvalue weighted by Gasteiger charge is -2.12. The van der Waals surface area contributed by atoms with Crippen molar-refractivity contribution in [3.63, 3.8) is 0 Å². The number of anilines is 2. The lowest BCUT2D eigenvalue weighted by atomic mass is 10.1. The fourth-order valence-corrected chi connectivity index (χ4v) is 2.92. The van der Waals surface area contributed by atoms with Gasteiger partial charge in [0.05, 0.1) is 20.3 Å². The Balaban J connectivity index is 1.49. The van der Waals surface area contributed by atoms with Gasteiger partial charge < -0.3 is 24.8 Å². The Hall–Kier alpha value is -2.54. The van der Waals surface area contributed by atoms with Crippen LogP contribution in [0.2, 0.25) is 0 Å². The van der Waals surface area contributed by atoms with Gasteiger partial charge in [0.25, 0.3) is 0 Å². The zero-order valence-corrected chi connectivity index (χ0v) is 15.3. The normalized spacial score (nSPS) is 16.3. The molecule has 7 nitrogen and oxygen atoms in total. The maximum atomic E-state index is 5.61. The second kappa shape index (κ2) is 9.24. The van der Waals surface area contributed by atoms with E-state index in [0.29, 0.717) is 5.95 Å². The molecule has 1 aromatic carbocycles. The number of hydrogen-bond acceptors (Lipinski definition) is 7. The van der Waals surface area contributed by atoms with Gasteiger partial charge in [-0.25, -0.2) is 4.98 Å². The molecule has 0 radical (unpaired) electrons. The minimum atomic E-state index is 0.284. The largest absolute Gasteiger partial charge is 0.493 e. The van der Waals surface area contributed by atoms with Crippen molar-refractivity contribution in [2.45, 2.75) is 25.4 Å². The molecule has 1 aliphatic rings. The highest BCUT2D eigenvalue weighted by Gasteiger charge is 2.15. The second-order valence-corrected chi connectivity index (χ2v) is 6.15. The Labute approximate surface area is 154 Å². The SMILES string of the molecule is COc1ccc(CCNc2nccc(NCC3CCCO3)n2)cc1OC. The van der Waals surface area contributed by atoms with Crippen molar-refractivity contribution in [2.24, 2.45) is 0 Å². The summed E-state index contributed by atoms with van der Waals surface area (Å²) in [7, 11) is 3.28. The summed E-state index contributed by atoms with van der Waals surface area (Å²) in [5.74, 6) is 2.89. The van der Waals surface area contributed by atoms with Crippen molar-refractivity contribution in [3.05, 3.63) is 36.0 Å². The number of methoxy groups -OCH3 is 2. The maximum absolute atomic E-state index is 5.61. The van der Waals surface area contributed by atoms with Crippen molar-refractivity contribution in [1.82, 2.24) is 9.97 Å². The third kappa shape index (κ3) is 4.98. The summed E-state index contributed by atoms with van der Waals surface area (Å²) < 4.78 is 16.2. The van der Waals surface area contributed by atoms with E-state index in [0.717, 1.165) is 61.8 Å². The van der Waals surface area contributed by atoms with Gasteiger partial charge in [-0.2, -0.15) is 4.98 Å². The molecule has 1 saturated heterocycles. The molecule has 2 N–H and O–H groups in total. The Morgan fingerprint density at radius 1 is 1.15 bits per heavy atom. The number of nitrogens with one attached hydrogen (secondary N) is 2. The van der Waals surface area contributed by atoms with Crippen LogP contribution >= 0.6 is 0 Å². The molecule has 0 amide bonds. The predicted octanol–water partition coefficient (Wildman–Crippen LogP) is 2.74. The van der Waals surface area contributed by atoms with Crippen LogP contribution < -0.4 is 20.1 Å². The number of hydrogen-bond donors (Lipinski definition) is 2. The molecule has 1 aromatic heterocycles. The van der Waals surface area contributed by atoms with Gasteiger partial charge >= 0.3 is 0 Å². The number of benzene rings is 1. The Bertz CT molecular complexity index is 705. The fourth-order valence-electron chi connectivity index (χ4n) is 2.92. The first-order valence-electron chi connectivity index (χ1n) is 8.92. The van der Waals surface area contributed by atoms with E-state index < -0.39 is 0 Å². The Kier molecular flexibility index (Phi) is 6.49. The van der Waals surface area contributed by atoms with E-state index in [2.05, 4.69) is 20.6 Å². The number of ether oxygens (including phenoxy) is 3. The molecule has 2 heterocycles. The summed E-state index contributed by atoms with van der Waals surface area (Å²) in [5, 5.41) is 6.58. The van der Waals surface area contributed by atoms with E-state index in [-0.39, 0.29) is 6.10 Å². The third-order valence-electron chi connectivity index (χ3n) is 4.34. The number of nitrogens with zero attached hydrogens (tertiary/aromatic N) is 2. The minimum Gasteiger partial charge on any atom is -0.493 e. The molecule has 140 valence electrons. The molecule has 1 aliphatic heterocycles. The summed E-state index contributed by atoms with van der Waals surface area (Å²) in [6.45, 7) is 2.37. The van der Waals surface area contributed by atoms with Crippen LogP contribution in [-0.2, 0) is 11.2 Å². The molecule has 0 spiro atoms. The van der Waals surface area contributed by atoms with Gasteiger partial charge in [0.1, 0.15) is 5.82 Å². The smallest absolute Gasteiger partial charge is 0.224 e. The first kappa shape index (κ1) is 18.3. The molecule has 7 heteroatoms. The van der Waals surface area contributed by atoms with Crippen LogP contribution in [0, 0.1) is 0 Å². The van der Waals surface area contributed by atoms with Gasteiger partial charge in [0.2, 0.25) is 5.95 Å². The lowest BCUT2D eigenvalue weighted by molar-refractivity contribution is 0.120. The van der Waals surface area contributed by atoms with Gasteiger partial charge in [-0.15, -0.1) is 0 Å². The molecular weight excluding hydrogens is 332 g/mol. The highest BCUT2D eigenvalue weighted by molar-refractivity contribution is 5.43. The molecule has 1 atom stereocenters. The van der Waals surface area contributed by atoms with Crippen molar-refractivity contribution in [2.75, 3.05) is 44.5 Å². The van der Waals surface area contributed by atoms with Crippen LogP contribution in [0.1, 0.15) is 18.4 Å². The Morgan fingerprint density at radius 2 is 2.04 bits per heavy atom. The third-order valence-corrected chi connectivity index (χ3v) is 4.34. The van der Waals surface area contributed by atoms with Gasteiger partial charge in [-0.05, 0) is 43.0 Å². The van der Waals surface area contributed by atoms with Crippen molar-refractivity contribution in [1.29, 1.82) is 0 Å². The van der Waals surface area contributed by atoms with Crippen LogP contribution in [0.3, 0.4) is 0 Å². The van der Waals surface area contributed by atoms with Gasteiger partial charge in [-0.1, -0.05) is 6.07 Å². The summed E-state index contributed by atoms with van der Waals surface area (Å²) >= 11 is 0. The summed E-state index contributed by atoms with van der Waals surface area (Å²) in [4.78, 5) is 8.77. The number of rotatable bonds is 9. The van der Waals surface area contributed by atoms with Crippen LogP contribution in [0.4, 0.5) is 11.8 Å². The summed E-state index contributed by atoms with van der Waals surface area (Å²) in [5.41, 5.74) is 1.16. The summed E-state index contributed by atoms with van der Waals surface area (Å²) in [6.07, 6.45) is 5.11. The first-order chi connectivity index (χ1) is 12.8. The minimum absolute atomic E-state index is 0.284. The first-order valence-corrected chi connectivity index (χ1v) is 8.92. The molecule has 2 aromatic rings. The van der Waals surface area contributed by atoms with Crippen molar-refractivity contribution >= 4 is 11.8 Å². The van der Waals surface area contributed by atoms with E-state index in [9.17, 15) is 0 Å². The van der Waals surface area contributed by atoms with Gasteiger partial charge in [0.15, 0.2) is 11.5 Å². The predicted molar refractivity (Wildman–Crippen MR) is 101 cm³/mol. The van der Waals surface area contributed by atoms with E-state index in [4.69, 9.17) is 14.2 Å². The van der Waals surface area contributed by atoms with Crippen molar-refractivity contribution < 1.29 is 14.2 Å². The Morgan fingerprint density at radius 3 is 2.81 bits per heavy atom. The average molecular weight is 358 g/mol. The standard InChI is InChI=1S/C19H26N4O3/c1-24-16-6-5-14(12-17(16)25-2)7-9-20-19-21-10-8-18(23-19)22-13-15-4-3-11-26-15/h5-6,8,10,12,15H,3-4,7,9,11,13H2,1-2H3,(H2,20,21,22,23). The lowest BCUT2D eigenvalue weighted by Crippen LogP contribution is -2.19. The highest BCUT2D eigenvalue weighted by Crippen LogP contribution is 2.27. The second-order valence-electron chi connectivity index (χ2n) is 6.15. The molecule has 0 saturated carbocycles. The topological polar surface area (TPSA) is 77.5 Å². The van der Waals surface area contributed by atoms with E-state index in [1.807, 2.05) is 24.3 Å². The molecule has 1 fully saturated rings. The quantitative estimate of drug-likeness (QED) is 0.714. The van der Waals surface area contributed by atoms with Crippen LogP contribution in [-0.4, -0.2) is 50.0 Å². The van der Waals surface area contributed by atoms with Crippen LogP contribution in [0.15, 0.2) is 30.5 Å². The molecule has 3 rings (SSSR count). The molecular formula is C19H26N4O3. The van der Waals surface area contributed by atoms with Crippen LogP contribution in [0.5, 0.6) is 11.5 Å². The molecule has 1 unspecified atom stereocenters. The average Bonchev–Trinajstić information content (AvgIpc) is 3.20. The number of aromatic nitrogens is 2. The van der Waals surface area contributed by atoms with Crippen LogP contribution in [0.25, 0.3) is 0 Å². The van der Waals surface area contributed by atoms with Crippen molar-refractivity contribution in [3.8, 4) is 11.5 Å². The fraction of sp³-hybridized carbons (Fsp3) is 0.474. The zero-order valence-electron chi connectivity index (χ0n) is 15.3. The molecule has 26 heavy (non-hydrogen) atoms. The van der Waals surface area contributed by atoms with Gasteiger partial charge in [-0.3, -0.25) is 0 Å². The maximum Gasteiger partial charge on any atom is 0.224 e. The summed E-state index contributed by atoms with van der Waals surface area (Å²) in [6, 6.07) is 7.80.